The maximum absolute atomic E-state index is 6.23. The normalized spacial score (nSPS) is 12.3. The first-order valence-corrected chi connectivity index (χ1v) is 7.09. The number of halogens is 2. The Morgan fingerprint density at radius 3 is 2.67 bits per heavy atom. The van der Waals surface area contributed by atoms with Crippen molar-refractivity contribution in [2.45, 2.75) is 6.54 Å². The van der Waals surface area contributed by atoms with E-state index in [1.807, 2.05) is 24.3 Å². The fraction of sp³-hybridized carbons (Fsp3) is 0.200. The first-order valence-electron chi connectivity index (χ1n) is 6.33. The molecule has 0 aromatic heterocycles. The second-order valence-corrected chi connectivity index (χ2v) is 5.27. The van der Waals surface area contributed by atoms with Crippen LogP contribution in [0.15, 0.2) is 30.3 Å². The Morgan fingerprint density at radius 1 is 1.14 bits per heavy atom. The van der Waals surface area contributed by atoms with Crippen molar-refractivity contribution in [2.75, 3.05) is 19.2 Å². The van der Waals surface area contributed by atoms with Gasteiger partial charge in [-0.1, -0.05) is 29.3 Å². The Bertz CT molecular complexity index is 676. The van der Waals surface area contributed by atoms with E-state index in [2.05, 4.69) is 5.32 Å². The second-order valence-electron chi connectivity index (χ2n) is 4.46. The Morgan fingerprint density at radius 2 is 1.90 bits per heavy atom. The first kappa shape index (κ1) is 14.2. The van der Waals surface area contributed by atoms with Crippen molar-refractivity contribution in [2.24, 2.45) is 0 Å². The summed E-state index contributed by atoms with van der Waals surface area (Å²) in [7, 11) is 1.61. The van der Waals surface area contributed by atoms with E-state index in [0.717, 1.165) is 17.0 Å². The highest BCUT2D eigenvalue weighted by atomic mass is 35.5. The molecule has 0 fully saturated rings. The molecule has 2 aromatic rings. The lowest BCUT2D eigenvalue weighted by molar-refractivity contribution is 0.174. The van der Waals surface area contributed by atoms with E-state index in [1.165, 1.54) is 0 Å². The number of hydrogen-bond acceptors (Lipinski definition) is 4. The number of ether oxygens (including phenoxy) is 3. The predicted molar refractivity (Wildman–Crippen MR) is 82.9 cm³/mol. The summed E-state index contributed by atoms with van der Waals surface area (Å²) in [5, 5.41) is 4.44. The van der Waals surface area contributed by atoms with E-state index in [-0.39, 0.29) is 6.79 Å². The molecule has 0 atom stereocenters. The van der Waals surface area contributed by atoms with Gasteiger partial charge in [-0.3, -0.25) is 0 Å². The summed E-state index contributed by atoms with van der Waals surface area (Å²) >= 11 is 12.4. The maximum Gasteiger partial charge on any atom is 0.231 e. The SMILES string of the molecule is COc1cccc(Cl)c1CNc1cc2c(cc1Cl)OCO2. The van der Waals surface area contributed by atoms with Crippen LogP contribution in [0.4, 0.5) is 5.69 Å². The van der Waals surface area contributed by atoms with Crippen molar-refractivity contribution in [1.29, 1.82) is 0 Å². The number of hydrogen-bond donors (Lipinski definition) is 1. The van der Waals surface area contributed by atoms with E-state index in [0.29, 0.717) is 28.1 Å². The van der Waals surface area contributed by atoms with Crippen LogP contribution in [-0.2, 0) is 6.54 Å². The minimum atomic E-state index is 0.216. The topological polar surface area (TPSA) is 39.7 Å². The zero-order chi connectivity index (χ0) is 14.8. The number of rotatable bonds is 4. The summed E-state index contributed by atoms with van der Waals surface area (Å²) in [5.41, 5.74) is 1.62. The molecule has 6 heteroatoms. The van der Waals surface area contributed by atoms with Gasteiger partial charge in [0.2, 0.25) is 6.79 Å². The minimum absolute atomic E-state index is 0.216. The van der Waals surface area contributed by atoms with Crippen LogP contribution >= 0.6 is 23.2 Å². The zero-order valence-corrected chi connectivity index (χ0v) is 12.8. The highest BCUT2D eigenvalue weighted by Crippen LogP contribution is 2.39. The number of methoxy groups -OCH3 is 1. The third-order valence-corrected chi connectivity index (χ3v) is 3.88. The number of anilines is 1. The third kappa shape index (κ3) is 2.82. The average Bonchev–Trinajstić information content (AvgIpc) is 2.92. The Balaban J connectivity index is 1.83. The molecule has 1 aliphatic heterocycles. The molecule has 0 saturated heterocycles. The quantitative estimate of drug-likeness (QED) is 0.907. The lowest BCUT2D eigenvalue weighted by atomic mass is 10.2. The molecular weight excluding hydrogens is 313 g/mol. The molecule has 0 unspecified atom stereocenters. The lowest BCUT2D eigenvalue weighted by Gasteiger charge is -2.13. The molecule has 0 spiro atoms. The fourth-order valence-corrected chi connectivity index (χ4v) is 2.59. The van der Waals surface area contributed by atoms with Gasteiger partial charge in [0.15, 0.2) is 11.5 Å². The summed E-state index contributed by atoms with van der Waals surface area (Å²) in [6.45, 7) is 0.704. The molecule has 0 aliphatic carbocycles. The highest BCUT2D eigenvalue weighted by molar-refractivity contribution is 6.33. The van der Waals surface area contributed by atoms with Gasteiger partial charge in [-0.15, -0.1) is 0 Å². The standard InChI is InChI=1S/C15H13Cl2NO3/c1-19-13-4-2-3-10(16)9(13)7-18-12-6-15-14(5-11(12)17)20-8-21-15/h2-6,18H,7-8H2,1H3. The minimum Gasteiger partial charge on any atom is -0.496 e. The number of benzene rings is 2. The summed E-state index contributed by atoms with van der Waals surface area (Å²) in [6, 6.07) is 9.08. The predicted octanol–water partition coefficient (Wildman–Crippen LogP) is 4.34. The van der Waals surface area contributed by atoms with Gasteiger partial charge >= 0.3 is 0 Å². The zero-order valence-electron chi connectivity index (χ0n) is 11.3. The first-order chi connectivity index (χ1) is 10.2. The van der Waals surface area contributed by atoms with Crippen molar-refractivity contribution < 1.29 is 14.2 Å². The fourth-order valence-electron chi connectivity index (χ4n) is 2.14. The molecule has 0 saturated carbocycles. The van der Waals surface area contributed by atoms with Gasteiger partial charge in [0, 0.05) is 29.3 Å². The molecule has 4 nitrogen and oxygen atoms in total. The lowest BCUT2D eigenvalue weighted by Crippen LogP contribution is -2.03. The van der Waals surface area contributed by atoms with E-state index in [9.17, 15) is 0 Å². The van der Waals surface area contributed by atoms with Crippen LogP contribution in [0.5, 0.6) is 17.2 Å². The van der Waals surface area contributed by atoms with Gasteiger partial charge in [-0.05, 0) is 12.1 Å². The molecule has 0 radical (unpaired) electrons. The molecule has 21 heavy (non-hydrogen) atoms. The molecule has 3 rings (SSSR count). The molecule has 2 aromatic carbocycles. The Kier molecular flexibility index (Phi) is 3.99. The molecule has 1 N–H and O–H groups in total. The summed E-state index contributed by atoms with van der Waals surface area (Å²) in [5.74, 6) is 2.06. The largest absolute Gasteiger partial charge is 0.496 e. The van der Waals surface area contributed by atoms with Gasteiger partial charge < -0.3 is 19.5 Å². The summed E-state index contributed by atoms with van der Waals surface area (Å²) in [6.07, 6.45) is 0. The van der Waals surface area contributed by atoms with Crippen LogP contribution in [0.25, 0.3) is 0 Å². The van der Waals surface area contributed by atoms with Gasteiger partial charge in [-0.2, -0.15) is 0 Å². The summed E-state index contributed by atoms with van der Waals surface area (Å²) in [4.78, 5) is 0. The van der Waals surface area contributed by atoms with Crippen molar-refractivity contribution in [3.63, 3.8) is 0 Å². The number of fused-ring (bicyclic) bond motifs is 1. The van der Waals surface area contributed by atoms with Crippen molar-refractivity contribution in [3.05, 3.63) is 45.9 Å². The van der Waals surface area contributed by atoms with Crippen molar-refractivity contribution in [3.8, 4) is 17.2 Å². The van der Waals surface area contributed by atoms with Crippen LogP contribution in [0.2, 0.25) is 10.0 Å². The van der Waals surface area contributed by atoms with E-state index in [1.54, 1.807) is 13.2 Å². The van der Waals surface area contributed by atoms with Crippen LogP contribution in [0.1, 0.15) is 5.56 Å². The Labute approximate surface area is 132 Å². The summed E-state index contributed by atoms with van der Waals surface area (Å²) < 4.78 is 15.9. The van der Waals surface area contributed by atoms with E-state index < -0.39 is 0 Å². The van der Waals surface area contributed by atoms with Crippen LogP contribution in [-0.4, -0.2) is 13.9 Å². The van der Waals surface area contributed by atoms with Gasteiger partial charge in [0.1, 0.15) is 5.75 Å². The van der Waals surface area contributed by atoms with Crippen LogP contribution < -0.4 is 19.5 Å². The molecule has 1 aliphatic rings. The van der Waals surface area contributed by atoms with Gasteiger partial charge in [0.05, 0.1) is 17.8 Å². The molecule has 0 amide bonds. The van der Waals surface area contributed by atoms with Crippen molar-refractivity contribution in [1.82, 2.24) is 0 Å². The highest BCUT2D eigenvalue weighted by Gasteiger charge is 2.17. The van der Waals surface area contributed by atoms with E-state index in [4.69, 9.17) is 37.4 Å². The molecule has 1 heterocycles. The monoisotopic (exact) mass is 325 g/mol. The Hall–Kier alpha value is -1.78. The van der Waals surface area contributed by atoms with E-state index >= 15 is 0 Å². The smallest absolute Gasteiger partial charge is 0.231 e. The molecule has 0 bridgehead atoms. The van der Waals surface area contributed by atoms with Crippen LogP contribution in [0, 0.1) is 0 Å². The average molecular weight is 326 g/mol. The van der Waals surface area contributed by atoms with Crippen molar-refractivity contribution >= 4 is 28.9 Å². The second kappa shape index (κ2) is 5.92. The molecule has 110 valence electrons. The van der Waals surface area contributed by atoms with Crippen LogP contribution in [0.3, 0.4) is 0 Å². The number of nitrogens with one attached hydrogen (secondary N) is 1. The maximum atomic E-state index is 6.23. The third-order valence-electron chi connectivity index (χ3n) is 3.21. The van der Waals surface area contributed by atoms with Gasteiger partial charge in [-0.25, -0.2) is 0 Å². The van der Waals surface area contributed by atoms with Gasteiger partial charge in [0.25, 0.3) is 0 Å². The molecular formula is C15H13Cl2NO3.